The van der Waals surface area contributed by atoms with Gasteiger partial charge in [0.2, 0.25) is 0 Å². The largest absolute Gasteiger partial charge is 0.376 e. The number of rotatable bonds is 2. The lowest BCUT2D eigenvalue weighted by molar-refractivity contribution is 0.761. The van der Waals surface area contributed by atoms with Gasteiger partial charge in [-0.2, -0.15) is 0 Å². The quantitative estimate of drug-likeness (QED) is 0.811. The van der Waals surface area contributed by atoms with E-state index in [2.05, 4.69) is 32.3 Å². The van der Waals surface area contributed by atoms with Gasteiger partial charge >= 0.3 is 0 Å². The van der Waals surface area contributed by atoms with Gasteiger partial charge in [0.05, 0.1) is 16.1 Å². The van der Waals surface area contributed by atoms with Gasteiger partial charge in [-0.1, -0.05) is 11.6 Å². The van der Waals surface area contributed by atoms with E-state index in [0.717, 1.165) is 27.5 Å². The molecule has 2 nitrogen and oxygen atoms in total. The fourth-order valence-electron chi connectivity index (χ4n) is 2.16. The van der Waals surface area contributed by atoms with Crippen LogP contribution < -0.4 is 5.32 Å². The second-order valence-corrected chi connectivity index (χ2v) is 6.53. The zero-order chi connectivity index (χ0) is 11.8. The Bertz CT molecular complexity index is 555. The number of nitrogens with one attached hydrogen (secondary N) is 1. The van der Waals surface area contributed by atoms with Crippen LogP contribution in [-0.2, 0) is 6.42 Å². The monoisotopic (exact) mass is 328 g/mol. The van der Waals surface area contributed by atoms with Crippen molar-refractivity contribution >= 4 is 44.6 Å². The summed E-state index contributed by atoms with van der Waals surface area (Å²) in [4.78, 5) is 5.62. The summed E-state index contributed by atoms with van der Waals surface area (Å²) in [5.74, 6) is 0. The van der Waals surface area contributed by atoms with E-state index in [4.69, 9.17) is 11.6 Å². The average molecular weight is 330 g/mol. The maximum Gasteiger partial charge on any atom is 0.129 e. The van der Waals surface area contributed by atoms with Gasteiger partial charge < -0.3 is 5.32 Å². The zero-order valence-corrected chi connectivity index (χ0v) is 12.1. The Labute approximate surface area is 117 Å². The molecule has 1 atom stereocenters. The van der Waals surface area contributed by atoms with Crippen LogP contribution >= 0.6 is 38.9 Å². The van der Waals surface area contributed by atoms with Gasteiger partial charge in [-0.05, 0) is 52.5 Å². The van der Waals surface area contributed by atoms with Gasteiger partial charge in [-0.15, -0.1) is 11.3 Å². The Morgan fingerprint density at radius 2 is 2.41 bits per heavy atom. The first kappa shape index (κ1) is 11.5. The van der Waals surface area contributed by atoms with Crippen molar-refractivity contribution in [3.63, 3.8) is 0 Å². The molecule has 1 aliphatic carbocycles. The number of nitrogens with zero attached hydrogens (tertiary/aromatic N) is 1. The van der Waals surface area contributed by atoms with Crippen LogP contribution in [0.1, 0.15) is 22.9 Å². The first-order valence-corrected chi connectivity index (χ1v) is 7.38. The van der Waals surface area contributed by atoms with Crippen LogP contribution in [0.15, 0.2) is 29.0 Å². The van der Waals surface area contributed by atoms with Gasteiger partial charge in [-0.3, -0.25) is 0 Å². The molecule has 2 heterocycles. The van der Waals surface area contributed by atoms with Crippen LogP contribution in [0, 0.1) is 0 Å². The first-order valence-electron chi connectivity index (χ1n) is 5.39. The molecule has 5 heteroatoms. The number of hydrogen-bond donors (Lipinski definition) is 1. The predicted molar refractivity (Wildman–Crippen MR) is 76.0 cm³/mol. The molecule has 1 N–H and O–H groups in total. The molecule has 17 heavy (non-hydrogen) atoms. The lowest BCUT2D eigenvalue weighted by atomic mass is 10.1. The van der Waals surface area contributed by atoms with E-state index in [9.17, 15) is 0 Å². The molecule has 0 bridgehead atoms. The van der Waals surface area contributed by atoms with Crippen LogP contribution in [0.2, 0.25) is 4.34 Å². The van der Waals surface area contributed by atoms with E-state index >= 15 is 0 Å². The van der Waals surface area contributed by atoms with Gasteiger partial charge in [0.1, 0.15) is 4.60 Å². The molecule has 0 aliphatic heterocycles. The average Bonchev–Trinajstić information content (AvgIpc) is 2.82. The maximum atomic E-state index is 6.05. The Morgan fingerprint density at radius 3 is 3.24 bits per heavy atom. The molecule has 0 saturated heterocycles. The smallest absolute Gasteiger partial charge is 0.129 e. The maximum absolute atomic E-state index is 6.05. The summed E-state index contributed by atoms with van der Waals surface area (Å²) in [5, 5.41) is 3.52. The molecule has 0 spiro atoms. The highest BCUT2D eigenvalue weighted by molar-refractivity contribution is 9.10. The molecule has 0 amide bonds. The number of hydrogen-bond acceptors (Lipinski definition) is 3. The SMILES string of the molecule is Clc1cc2c(s1)CCC2Nc1cccnc1Br. The summed E-state index contributed by atoms with van der Waals surface area (Å²) in [6.45, 7) is 0. The fraction of sp³-hybridized carbons (Fsp3) is 0.250. The van der Waals surface area contributed by atoms with Crippen molar-refractivity contribution in [3.05, 3.63) is 43.8 Å². The van der Waals surface area contributed by atoms with Crippen LogP contribution in [0.5, 0.6) is 0 Å². The van der Waals surface area contributed by atoms with Crippen molar-refractivity contribution in [2.75, 3.05) is 5.32 Å². The molecule has 0 radical (unpaired) electrons. The minimum Gasteiger partial charge on any atom is -0.376 e. The topological polar surface area (TPSA) is 24.9 Å². The fourth-order valence-corrected chi connectivity index (χ4v) is 3.88. The van der Waals surface area contributed by atoms with Crippen molar-refractivity contribution in [3.8, 4) is 0 Å². The predicted octanol–water partition coefficient (Wildman–Crippen LogP) is 4.66. The molecule has 3 rings (SSSR count). The third-order valence-corrected chi connectivity index (χ3v) is 4.91. The van der Waals surface area contributed by atoms with E-state index in [1.165, 1.54) is 10.4 Å². The van der Waals surface area contributed by atoms with Gasteiger partial charge in [-0.25, -0.2) is 4.98 Å². The van der Waals surface area contributed by atoms with Gasteiger partial charge in [0, 0.05) is 11.1 Å². The van der Waals surface area contributed by atoms with Gasteiger partial charge in [0.25, 0.3) is 0 Å². The van der Waals surface area contributed by atoms with E-state index in [-0.39, 0.29) is 0 Å². The van der Waals surface area contributed by atoms with Gasteiger partial charge in [0.15, 0.2) is 0 Å². The van der Waals surface area contributed by atoms with Crippen LogP contribution in [0.25, 0.3) is 0 Å². The Balaban J connectivity index is 1.86. The molecule has 2 aromatic heterocycles. The Morgan fingerprint density at radius 1 is 1.53 bits per heavy atom. The van der Waals surface area contributed by atoms with Crippen molar-refractivity contribution in [1.29, 1.82) is 0 Å². The Hall–Kier alpha value is -0.580. The van der Waals surface area contributed by atoms with E-state index < -0.39 is 0 Å². The summed E-state index contributed by atoms with van der Waals surface area (Å²) in [5.41, 5.74) is 2.38. The van der Waals surface area contributed by atoms with Crippen molar-refractivity contribution < 1.29 is 0 Å². The second kappa shape index (κ2) is 4.59. The third-order valence-electron chi connectivity index (χ3n) is 2.94. The summed E-state index contributed by atoms with van der Waals surface area (Å²) < 4.78 is 1.74. The molecule has 0 fully saturated rings. The lowest BCUT2D eigenvalue weighted by Gasteiger charge is -2.15. The van der Waals surface area contributed by atoms with Crippen LogP contribution in [0.4, 0.5) is 5.69 Å². The molecular formula is C12H10BrClN2S. The first-order chi connectivity index (χ1) is 8.24. The molecule has 88 valence electrons. The third kappa shape index (κ3) is 2.21. The normalized spacial score (nSPS) is 18.1. The van der Waals surface area contributed by atoms with Crippen LogP contribution in [-0.4, -0.2) is 4.98 Å². The highest BCUT2D eigenvalue weighted by Gasteiger charge is 2.25. The number of pyridine rings is 1. The zero-order valence-electron chi connectivity index (χ0n) is 8.91. The summed E-state index contributed by atoms with van der Waals surface area (Å²) in [6, 6.07) is 6.40. The lowest BCUT2D eigenvalue weighted by Crippen LogP contribution is -2.07. The highest BCUT2D eigenvalue weighted by Crippen LogP contribution is 2.41. The number of aromatic nitrogens is 1. The number of fused-ring (bicyclic) bond motifs is 1. The standard InChI is InChI=1S/C12H10BrClN2S/c13-12-9(2-1-5-15-12)16-8-3-4-10-7(8)6-11(14)17-10/h1-2,5-6,8,16H,3-4H2. The van der Waals surface area contributed by atoms with E-state index in [1.807, 2.05) is 12.1 Å². The summed E-state index contributed by atoms with van der Waals surface area (Å²) in [7, 11) is 0. The Kier molecular flexibility index (Phi) is 3.11. The summed E-state index contributed by atoms with van der Waals surface area (Å²) >= 11 is 11.2. The molecule has 0 aromatic carbocycles. The molecular weight excluding hydrogens is 320 g/mol. The molecule has 2 aromatic rings. The van der Waals surface area contributed by atoms with Crippen molar-refractivity contribution in [1.82, 2.24) is 4.98 Å². The second-order valence-electron chi connectivity index (χ2n) is 4.01. The van der Waals surface area contributed by atoms with Crippen LogP contribution in [0.3, 0.4) is 0 Å². The molecule has 1 aliphatic rings. The summed E-state index contributed by atoms with van der Waals surface area (Å²) in [6.07, 6.45) is 4.01. The number of anilines is 1. The minimum absolute atomic E-state index is 0.356. The molecule has 1 unspecified atom stereocenters. The molecule has 0 saturated carbocycles. The number of thiophene rings is 1. The number of halogens is 2. The number of aryl methyl sites for hydroxylation is 1. The van der Waals surface area contributed by atoms with Crippen molar-refractivity contribution in [2.45, 2.75) is 18.9 Å². The van der Waals surface area contributed by atoms with Crippen molar-refractivity contribution in [2.24, 2.45) is 0 Å². The minimum atomic E-state index is 0.356. The van der Waals surface area contributed by atoms with E-state index in [0.29, 0.717) is 6.04 Å². The highest BCUT2D eigenvalue weighted by atomic mass is 79.9. The van der Waals surface area contributed by atoms with E-state index in [1.54, 1.807) is 17.5 Å².